The number of thioether (sulfide) groups is 1. The molecule has 3 rings (SSSR count). The number of rotatable bonds is 3. The van der Waals surface area contributed by atoms with E-state index in [0.717, 1.165) is 17.9 Å². The van der Waals surface area contributed by atoms with Crippen molar-refractivity contribution >= 4 is 23.6 Å². The predicted molar refractivity (Wildman–Crippen MR) is 68.0 cm³/mol. The summed E-state index contributed by atoms with van der Waals surface area (Å²) >= 11 is 1.83. The van der Waals surface area contributed by atoms with Crippen LogP contribution in [0.1, 0.15) is 23.0 Å². The fourth-order valence-electron chi connectivity index (χ4n) is 2.34. The van der Waals surface area contributed by atoms with E-state index in [4.69, 9.17) is 5.11 Å². The lowest BCUT2D eigenvalue weighted by Gasteiger charge is -2.40. The van der Waals surface area contributed by atoms with E-state index in [2.05, 4.69) is 10.3 Å². The van der Waals surface area contributed by atoms with E-state index in [0.29, 0.717) is 13.1 Å². The topological polar surface area (TPSA) is 88.3 Å². The summed E-state index contributed by atoms with van der Waals surface area (Å²) in [6, 6.07) is 0.0543. The molecule has 1 N–H and O–H groups in total. The van der Waals surface area contributed by atoms with Crippen molar-refractivity contribution < 1.29 is 14.7 Å². The lowest BCUT2D eigenvalue weighted by Crippen LogP contribution is -2.52. The summed E-state index contributed by atoms with van der Waals surface area (Å²) in [4.78, 5) is 24.6. The molecule has 0 saturated carbocycles. The number of carbonyl (C=O) groups is 2. The lowest BCUT2D eigenvalue weighted by atomic mass is 10.0. The van der Waals surface area contributed by atoms with Gasteiger partial charge in [0.25, 0.3) is 0 Å². The molecule has 2 saturated heterocycles. The van der Waals surface area contributed by atoms with Crippen LogP contribution in [-0.4, -0.2) is 61.5 Å². The third kappa shape index (κ3) is 2.32. The Bertz CT molecular complexity index is 506. The van der Waals surface area contributed by atoms with Gasteiger partial charge in [0.2, 0.25) is 5.91 Å². The second kappa shape index (κ2) is 4.84. The Balaban J connectivity index is 1.56. The average Bonchev–Trinajstić information content (AvgIpc) is 2.98. The van der Waals surface area contributed by atoms with Gasteiger partial charge in [-0.25, -0.2) is 9.48 Å². The van der Waals surface area contributed by atoms with Gasteiger partial charge in [0.1, 0.15) is 0 Å². The number of aromatic carboxylic acids is 1. The maximum Gasteiger partial charge on any atom is 0.358 e. The van der Waals surface area contributed by atoms with E-state index >= 15 is 0 Å². The van der Waals surface area contributed by atoms with E-state index in [9.17, 15) is 9.59 Å². The van der Waals surface area contributed by atoms with Crippen LogP contribution in [0.2, 0.25) is 0 Å². The molecule has 0 aromatic carbocycles. The molecule has 2 fully saturated rings. The zero-order chi connectivity index (χ0) is 13.4. The Morgan fingerprint density at radius 2 is 2.21 bits per heavy atom. The first-order valence-corrected chi connectivity index (χ1v) is 7.32. The normalized spacial score (nSPS) is 23.4. The zero-order valence-electron chi connectivity index (χ0n) is 10.2. The van der Waals surface area contributed by atoms with Gasteiger partial charge in [0.05, 0.1) is 12.2 Å². The first-order valence-electron chi connectivity index (χ1n) is 6.17. The van der Waals surface area contributed by atoms with E-state index in [1.54, 1.807) is 0 Å². The second-order valence-electron chi connectivity index (χ2n) is 4.85. The highest BCUT2D eigenvalue weighted by Crippen LogP contribution is 2.29. The maximum atomic E-state index is 12.1. The van der Waals surface area contributed by atoms with Crippen LogP contribution in [0.4, 0.5) is 0 Å². The molecule has 7 nitrogen and oxygen atoms in total. The molecule has 2 aliphatic rings. The largest absolute Gasteiger partial charge is 0.476 e. The van der Waals surface area contributed by atoms with Crippen molar-refractivity contribution in [3.63, 3.8) is 0 Å². The standard InChI is InChI=1S/C11H14N4O3S/c16-10(7-1-2-19-6-7)14-3-8(4-14)15-5-9(11(17)18)12-13-15/h5,7-8H,1-4,6H2,(H,17,18). The minimum atomic E-state index is -1.08. The molecule has 0 aliphatic carbocycles. The minimum absolute atomic E-state index is 0.0543. The van der Waals surface area contributed by atoms with Crippen molar-refractivity contribution in [2.45, 2.75) is 12.5 Å². The van der Waals surface area contributed by atoms with Gasteiger partial charge in [0.15, 0.2) is 5.69 Å². The lowest BCUT2D eigenvalue weighted by molar-refractivity contribution is -0.140. The van der Waals surface area contributed by atoms with Crippen LogP contribution in [0.3, 0.4) is 0 Å². The summed E-state index contributed by atoms with van der Waals surface area (Å²) in [6.45, 7) is 1.20. The molecule has 1 atom stereocenters. The highest BCUT2D eigenvalue weighted by atomic mass is 32.2. The van der Waals surface area contributed by atoms with Crippen molar-refractivity contribution in [1.29, 1.82) is 0 Å². The third-order valence-electron chi connectivity index (χ3n) is 3.56. The molecule has 3 heterocycles. The molecule has 19 heavy (non-hydrogen) atoms. The van der Waals surface area contributed by atoms with Crippen LogP contribution in [0.5, 0.6) is 0 Å². The molecular weight excluding hydrogens is 268 g/mol. The summed E-state index contributed by atoms with van der Waals surface area (Å²) in [7, 11) is 0. The number of carboxylic acids is 1. The van der Waals surface area contributed by atoms with Crippen molar-refractivity contribution in [2.75, 3.05) is 24.6 Å². The van der Waals surface area contributed by atoms with Crippen molar-refractivity contribution in [3.05, 3.63) is 11.9 Å². The van der Waals surface area contributed by atoms with E-state index in [1.807, 2.05) is 16.7 Å². The van der Waals surface area contributed by atoms with Gasteiger partial charge >= 0.3 is 5.97 Å². The smallest absolute Gasteiger partial charge is 0.358 e. The minimum Gasteiger partial charge on any atom is -0.476 e. The molecule has 0 radical (unpaired) electrons. The van der Waals surface area contributed by atoms with Gasteiger partial charge in [-0.15, -0.1) is 5.10 Å². The number of hydrogen-bond acceptors (Lipinski definition) is 5. The van der Waals surface area contributed by atoms with Crippen LogP contribution >= 0.6 is 11.8 Å². The number of hydrogen-bond donors (Lipinski definition) is 1. The summed E-state index contributed by atoms with van der Waals surface area (Å²) in [5.74, 6) is 1.29. The summed E-state index contributed by atoms with van der Waals surface area (Å²) in [5, 5.41) is 16.1. The molecule has 2 aliphatic heterocycles. The molecule has 0 bridgehead atoms. The summed E-state index contributed by atoms with van der Waals surface area (Å²) in [5.41, 5.74) is -0.0584. The molecule has 1 unspecified atom stereocenters. The predicted octanol–water partition coefficient (Wildman–Crippen LogP) is 0.113. The van der Waals surface area contributed by atoms with Gasteiger partial charge in [-0.3, -0.25) is 4.79 Å². The van der Waals surface area contributed by atoms with Crippen LogP contribution < -0.4 is 0 Å². The van der Waals surface area contributed by atoms with Gasteiger partial charge < -0.3 is 10.0 Å². The molecular formula is C11H14N4O3S. The first kappa shape index (κ1) is 12.5. The van der Waals surface area contributed by atoms with Gasteiger partial charge in [-0.2, -0.15) is 11.8 Å². The highest BCUT2D eigenvalue weighted by Gasteiger charge is 2.37. The van der Waals surface area contributed by atoms with Crippen molar-refractivity contribution in [2.24, 2.45) is 5.92 Å². The molecule has 8 heteroatoms. The molecule has 102 valence electrons. The zero-order valence-corrected chi connectivity index (χ0v) is 11.0. The van der Waals surface area contributed by atoms with Gasteiger partial charge in [0, 0.05) is 24.8 Å². The SMILES string of the molecule is O=C(O)c1cn(C2CN(C(=O)C3CCSC3)C2)nn1. The number of likely N-dealkylation sites (tertiary alicyclic amines) is 1. The Morgan fingerprint density at radius 1 is 1.42 bits per heavy atom. The molecule has 1 amide bonds. The Kier molecular flexibility index (Phi) is 3.17. The highest BCUT2D eigenvalue weighted by molar-refractivity contribution is 7.99. The fourth-order valence-corrected chi connectivity index (χ4v) is 3.55. The third-order valence-corrected chi connectivity index (χ3v) is 4.72. The Hall–Kier alpha value is -1.57. The van der Waals surface area contributed by atoms with Crippen molar-refractivity contribution in [1.82, 2.24) is 19.9 Å². The Labute approximate surface area is 113 Å². The Morgan fingerprint density at radius 3 is 2.79 bits per heavy atom. The number of carbonyl (C=O) groups excluding carboxylic acids is 1. The molecule has 0 spiro atoms. The van der Waals surface area contributed by atoms with E-state index in [-0.39, 0.29) is 23.6 Å². The second-order valence-corrected chi connectivity index (χ2v) is 6.00. The monoisotopic (exact) mass is 282 g/mol. The quantitative estimate of drug-likeness (QED) is 0.846. The van der Waals surface area contributed by atoms with E-state index in [1.165, 1.54) is 10.9 Å². The van der Waals surface area contributed by atoms with Crippen LogP contribution in [0.25, 0.3) is 0 Å². The van der Waals surface area contributed by atoms with Gasteiger partial charge in [-0.1, -0.05) is 5.21 Å². The molecule has 1 aromatic rings. The fraction of sp³-hybridized carbons (Fsp3) is 0.636. The van der Waals surface area contributed by atoms with Gasteiger partial charge in [-0.05, 0) is 12.2 Å². The van der Waals surface area contributed by atoms with Crippen molar-refractivity contribution in [3.8, 4) is 0 Å². The number of carboxylic acid groups (broad SMARTS) is 1. The number of nitrogens with zero attached hydrogens (tertiary/aromatic N) is 4. The number of aromatic nitrogens is 3. The average molecular weight is 282 g/mol. The van der Waals surface area contributed by atoms with Crippen LogP contribution in [-0.2, 0) is 4.79 Å². The number of amides is 1. The summed E-state index contributed by atoms with van der Waals surface area (Å²) < 4.78 is 1.54. The van der Waals surface area contributed by atoms with E-state index < -0.39 is 5.97 Å². The first-order chi connectivity index (χ1) is 9.15. The molecule has 1 aromatic heterocycles. The summed E-state index contributed by atoms with van der Waals surface area (Å²) in [6.07, 6.45) is 2.39. The maximum absolute atomic E-state index is 12.1. The van der Waals surface area contributed by atoms with Crippen LogP contribution in [0, 0.1) is 5.92 Å². The van der Waals surface area contributed by atoms with Crippen LogP contribution in [0.15, 0.2) is 6.20 Å².